The first-order valence-electron chi connectivity index (χ1n) is 7.46. The molecule has 1 aliphatic carbocycles. The Morgan fingerprint density at radius 1 is 1.47 bits per heavy atom. The lowest BCUT2D eigenvalue weighted by atomic mass is 9.83. The summed E-state index contributed by atoms with van der Waals surface area (Å²) in [7, 11) is 4.24. The fourth-order valence-corrected chi connectivity index (χ4v) is 3.53. The van der Waals surface area contributed by atoms with Crippen molar-refractivity contribution in [3.05, 3.63) is 17.5 Å². The molecule has 1 heterocycles. The maximum Gasteiger partial charge on any atom is 0.0641 e. The molecule has 1 aromatic rings. The average molecular weight is 264 g/mol. The van der Waals surface area contributed by atoms with Gasteiger partial charge in [-0.2, -0.15) is 5.10 Å². The minimum atomic E-state index is 0.408. The van der Waals surface area contributed by atoms with Crippen LogP contribution in [0.15, 0.2) is 6.20 Å². The van der Waals surface area contributed by atoms with Crippen molar-refractivity contribution in [3.8, 4) is 0 Å². The molecule has 0 saturated heterocycles. The lowest BCUT2D eigenvalue weighted by Gasteiger charge is -2.40. The van der Waals surface area contributed by atoms with Crippen molar-refractivity contribution in [3.63, 3.8) is 0 Å². The Labute approximate surface area is 117 Å². The molecule has 0 amide bonds. The number of aryl methyl sites for hydroxylation is 2. The summed E-state index contributed by atoms with van der Waals surface area (Å²) in [5.74, 6) is 0.651. The van der Waals surface area contributed by atoms with Crippen molar-refractivity contribution in [2.24, 2.45) is 18.7 Å². The number of rotatable bonds is 4. The molecular weight excluding hydrogens is 236 g/mol. The van der Waals surface area contributed by atoms with Crippen molar-refractivity contribution in [1.29, 1.82) is 0 Å². The lowest BCUT2D eigenvalue weighted by molar-refractivity contribution is 0.0986. The Bertz CT molecular complexity index is 412. The molecule has 1 fully saturated rings. The van der Waals surface area contributed by atoms with E-state index in [9.17, 15) is 0 Å². The van der Waals surface area contributed by atoms with Gasteiger partial charge in [0.2, 0.25) is 0 Å². The standard InChI is InChI=1S/C15H28N4/c1-11-14(10-18(3)17-11)12(2)19(4)15-8-6-5-7-13(15)9-16/h10,12-13,15H,5-9,16H2,1-4H3. The van der Waals surface area contributed by atoms with E-state index in [2.05, 4.69) is 37.1 Å². The Morgan fingerprint density at radius 3 is 2.74 bits per heavy atom. The summed E-state index contributed by atoms with van der Waals surface area (Å²) in [5, 5.41) is 4.46. The second-order valence-electron chi connectivity index (χ2n) is 6.03. The molecule has 3 atom stereocenters. The number of nitrogens with zero attached hydrogens (tertiary/aromatic N) is 3. The fourth-order valence-electron chi connectivity index (χ4n) is 3.53. The normalized spacial score (nSPS) is 25.8. The van der Waals surface area contributed by atoms with E-state index in [-0.39, 0.29) is 0 Å². The second kappa shape index (κ2) is 6.06. The predicted octanol–water partition coefficient (Wildman–Crippen LogP) is 2.24. The van der Waals surface area contributed by atoms with E-state index < -0.39 is 0 Å². The van der Waals surface area contributed by atoms with Gasteiger partial charge >= 0.3 is 0 Å². The van der Waals surface area contributed by atoms with E-state index in [1.807, 2.05) is 11.7 Å². The zero-order valence-corrected chi connectivity index (χ0v) is 12.8. The molecule has 2 N–H and O–H groups in total. The molecule has 0 bridgehead atoms. The maximum atomic E-state index is 5.96. The van der Waals surface area contributed by atoms with Crippen LogP contribution in [0.4, 0.5) is 0 Å². The van der Waals surface area contributed by atoms with Crippen LogP contribution in [0, 0.1) is 12.8 Å². The van der Waals surface area contributed by atoms with Crippen LogP contribution >= 0.6 is 0 Å². The van der Waals surface area contributed by atoms with Gasteiger partial charge in [0.25, 0.3) is 0 Å². The molecule has 2 rings (SSSR count). The molecular formula is C15H28N4. The van der Waals surface area contributed by atoms with E-state index in [0.717, 1.165) is 12.2 Å². The molecule has 0 spiro atoms. The minimum Gasteiger partial charge on any atom is -0.330 e. The van der Waals surface area contributed by atoms with Crippen molar-refractivity contribution < 1.29 is 0 Å². The summed E-state index contributed by atoms with van der Waals surface area (Å²) in [4.78, 5) is 2.51. The van der Waals surface area contributed by atoms with E-state index >= 15 is 0 Å². The summed E-state index contributed by atoms with van der Waals surface area (Å²) in [5.41, 5.74) is 8.44. The molecule has 0 aliphatic heterocycles. The topological polar surface area (TPSA) is 47.1 Å². The molecule has 0 radical (unpaired) electrons. The molecule has 1 aromatic heterocycles. The molecule has 0 aromatic carbocycles. The SMILES string of the molecule is Cc1nn(C)cc1C(C)N(C)C1CCCCC1CN. The molecule has 3 unspecified atom stereocenters. The van der Waals surface area contributed by atoms with Crippen LogP contribution in [-0.4, -0.2) is 34.3 Å². The highest BCUT2D eigenvalue weighted by Gasteiger charge is 2.30. The van der Waals surface area contributed by atoms with Gasteiger partial charge in [-0.05, 0) is 46.2 Å². The summed E-state index contributed by atoms with van der Waals surface area (Å²) in [6, 6.07) is 1.03. The van der Waals surface area contributed by atoms with Crippen LogP contribution < -0.4 is 5.73 Å². The molecule has 19 heavy (non-hydrogen) atoms. The van der Waals surface area contributed by atoms with Gasteiger partial charge < -0.3 is 5.73 Å². The zero-order valence-electron chi connectivity index (χ0n) is 12.8. The summed E-state index contributed by atoms with van der Waals surface area (Å²) in [6.07, 6.45) is 7.39. The summed E-state index contributed by atoms with van der Waals surface area (Å²) < 4.78 is 1.91. The van der Waals surface area contributed by atoms with E-state index in [1.54, 1.807) is 0 Å². The van der Waals surface area contributed by atoms with Crippen molar-refractivity contribution in [1.82, 2.24) is 14.7 Å². The quantitative estimate of drug-likeness (QED) is 0.907. The first-order valence-corrected chi connectivity index (χ1v) is 7.46. The second-order valence-corrected chi connectivity index (χ2v) is 6.03. The monoisotopic (exact) mass is 264 g/mol. The molecule has 1 saturated carbocycles. The highest BCUT2D eigenvalue weighted by atomic mass is 15.3. The van der Waals surface area contributed by atoms with Gasteiger partial charge in [0.05, 0.1) is 5.69 Å². The summed E-state index contributed by atoms with van der Waals surface area (Å²) >= 11 is 0. The van der Waals surface area contributed by atoms with Crippen LogP contribution in [0.3, 0.4) is 0 Å². The van der Waals surface area contributed by atoms with Gasteiger partial charge in [-0.25, -0.2) is 0 Å². The van der Waals surface area contributed by atoms with Crippen molar-refractivity contribution in [2.45, 2.75) is 51.6 Å². The van der Waals surface area contributed by atoms with Gasteiger partial charge in [-0.3, -0.25) is 9.58 Å². The largest absolute Gasteiger partial charge is 0.330 e. The predicted molar refractivity (Wildman–Crippen MR) is 78.9 cm³/mol. The maximum absolute atomic E-state index is 5.96. The van der Waals surface area contributed by atoms with Crippen LogP contribution in [0.5, 0.6) is 0 Å². The summed E-state index contributed by atoms with van der Waals surface area (Å²) in [6.45, 7) is 5.20. The first kappa shape index (κ1) is 14.5. The Balaban J connectivity index is 2.13. The Morgan fingerprint density at radius 2 is 2.16 bits per heavy atom. The number of hydrogen-bond acceptors (Lipinski definition) is 3. The Hall–Kier alpha value is -0.870. The number of nitrogens with two attached hydrogens (primary N) is 1. The third-order valence-corrected chi connectivity index (χ3v) is 4.81. The Kier molecular flexibility index (Phi) is 4.63. The van der Waals surface area contributed by atoms with Crippen LogP contribution in [-0.2, 0) is 7.05 Å². The minimum absolute atomic E-state index is 0.408. The molecule has 108 valence electrons. The molecule has 4 nitrogen and oxygen atoms in total. The van der Waals surface area contributed by atoms with Crippen molar-refractivity contribution in [2.75, 3.05) is 13.6 Å². The first-order chi connectivity index (χ1) is 9.04. The van der Waals surface area contributed by atoms with Gasteiger partial charge in [-0.15, -0.1) is 0 Å². The zero-order chi connectivity index (χ0) is 14.0. The van der Waals surface area contributed by atoms with Gasteiger partial charge in [0.1, 0.15) is 0 Å². The average Bonchev–Trinajstić information content (AvgIpc) is 2.76. The highest BCUT2D eigenvalue weighted by Crippen LogP contribution is 2.32. The molecule has 1 aliphatic rings. The van der Waals surface area contributed by atoms with E-state index in [4.69, 9.17) is 5.73 Å². The third-order valence-electron chi connectivity index (χ3n) is 4.81. The third kappa shape index (κ3) is 3.00. The van der Waals surface area contributed by atoms with Crippen molar-refractivity contribution >= 4 is 0 Å². The van der Waals surface area contributed by atoms with Crippen LogP contribution in [0.25, 0.3) is 0 Å². The van der Waals surface area contributed by atoms with Gasteiger partial charge in [0.15, 0.2) is 0 Å². The highest BCUT2D eigenvalue weighted by molar-refractivity contribution is 5.19. The lowest BCUT2D eigenvalue weighted by Crippen LogP contribution is -2.44. The number of aromatic nitrogens is 2. The smallest absolute Gasteiger partial charge is 0.0641 e. The van der Waals surface area contributed by atoms with Crippen LogP contribution in [0.2, 0.25) is 0 Å². The van der Waals surface area contributed by atoms with E-state index in [1.165, 1.54) is 31.2 Å². The van der Waals surface area contributed by atoms with Gasteiger partial charge in [0, 0.05) is 30.9 Å². The van der Waals surface area contributed by atoms with E-state index in [0.29, 0.717) is 18.0 Å². The van der Waals surface area contributed by atoms with Gasteiger partial charge in [-0.1, -0.05) is 12.8 Å². The number of hydrogen-bond donors (Lipinski definition) is 1. The van der Waals surface area contributed by atoms with Crippen LogP contribution in [0.1, 0.15) is 49.9 Å². The molecule has 4 heteroatoms. The fraction of sp³-hybridized carbons (Fsp3) is 0.800.